The number of hydrogen-bond donors (Lipinski definition) is 3. The van der Waals surface area contributed by atoms with Crippen LogP contribution in [-0.4, -0.2) is 45.2 Å². The van der Waals surface area contributed by atoms with E-state index in [-0.39, 0.29) is 11.8 Å². The summed E-state index contributed by atoms with van der Waals surface area (Å²) in [6.07, 6.45) is 0. The minimum absolute atomic E-state index is 0.171. The highest BCUT2D eigenvalue weighted by molar-refractivity contribution is 7.12. The predicted octanol–water partition coefficient (Wildman–Crippen LogP) is 1.97. The second kappa shape index (κ2) is 9.82. The van der Waals surface area contributed by atoms with Gasteiger partial charge in [0.15, 0.2) is 0 Å². The van der Waals surface area contributed by atoms with E-state index in [9.17, 15) is 9.59 Å². The minimum Gasteiger partial charge on any atom is -0.383 e. The van der Waals surface area contributed by atoms with Crippen LogP contribution < -0.4 is 16.0 Å². The number of ether oxygens (including phenoxy) is 1. The Balaban J connectivity index is 1.83. The molecule has 0 unspecified atom stereocenters. The van der Waals surface area contributed by atoms with Crippen LogP contribution in [0.2, 0.25) is 0 Å². The summed E-state index contributed by atoms with van der Waals surface area (Å²) in [5.74, 6) is -0.347. The van der Waals surface area contributed by atoms with E-state index in [0.717, 1.165) is 6.54 Å². The molecule has 6 nitrogen and oxygen atoms in total. The van der Waals surface area contributed by atoms with Crippen molar-refractivity contribution in [2.45, 2.75) is 0 Å². The lowest BCUT2D eigenvalue weighted by Gasteiger charge is -2.08. The van der Waals surface area contributed by atoms with Crippen LogP contribution >= 0.6 is 11.3 Å². The fourth-order valence-corrected chi connectivity index (χ4v) is 2.62. The van der Waals surface area contributed by atoms with Gasteiger partial charge in [-0.3, -0.25) is 9.59 Å². The maximum absolute atomic E-state index is 12.1. The Kier molecular flexibility index (Phi) is 7.41. The zero-order valence-electron chi connectivity index (χ0n) is 13.5. The van der Waals surface area contributed by atoms with Crippen molar-refractivity contribution in [3.63, 3.8) is 0 Å². The number of carbonyl (C=O) groups is 2. The first-order valence-corrected chi connectivity index (χ1v) is 8.51. The Bertz CT molecular complexity index is 659. The summed E-state index contributed by atoms with van der Waals surface area (Å²) in [5.41, 5.74) is 1.11. The molecule has 2 rings (SSSR count). The van der Waals surface area contributed by atoms with E-state index >= 15 is 0 Å². The van der Waals surface area contributed by atoms with E-state index in [1.165, 1.54) is 11.3 Å². The second-order valence-electron chi connectivity index (χ2n) is 5.01. The van der Waals surface area contributed by atoms with Gasteiger partial charge in [-0.15, -0.1) is 11.3 Å². The average Bonchev–Trinajstić information content (AvgIpc) is 3.13. The molecular weight excluding hydrogens is 326 g/mol. The highest BCUT2D eigenvalue weighted by Crippen LogP contribution is 2.14. The van der Waals surface area contributed by atoms with Gasteiger partial charge in [-0.05, 0) is 29.6 Å². The zero-order chi connectivity index (χ0) is 17.2. The van der Waals surface area contributed by atoms with E-state index in [0.29, 0.717) is 35.8 Å². The Morgan fingerprint density at radius 3 is 2.71 bits per heavy atom. The predicted molar refractivity (Wildman–Crippen MR) is 95.8 cm³/mol. The summed E-state index contributed by atoms with van der Waals surface area (Å²) in [5, 5.41) is 10.6. The standard InChI is InChI=1S/C17H21N3O3S/c1-23-10-9-18-7-8-19-16(21)13-4-2-5-14(12-13)20-17(22)15-6-3-11-24-15/h2-6,11-12,18H,7-10H2,1H3,(H,19,21)(H,20,22). The van der Waals surface area contributed by atoms with Crippen molar-refractivity contribution in [3.8, 4) is 0 Å². The van der Waals surface area contributed by atoms with Crippen molar-refractivity contribution in [3.05, 3.63) is 52.2 Å². The largest absolute Gasteiger partial charge is 0.383 e. The minimum atomic E-state index is -0.176. The third-order valence-corrected chi connectivity index (χ3v) is 4.07. The van der Waals surface area contributed by atoms with Gasteiger partial charge in [0.05, 0.1) is 11.5 Å². The fourth-order valence-electron chi connectivity index (χ4n) is 2.00. The van der Waals surface area contributed by atoms with Crippen molar-refractivity contribution in [2.24, 2.45) is 0 Å². The van der Waals surface area contributed by atoms with Crippen LogP contribution in [0.4, 0.5) is 5.69 Å². The maximum Gasteiger partial charge on any atom is 0.265 e. The number of benzene rings is 1. The molecule has 0 radical (unpaired) electrons. The maximum atomic E-state index is 12.1. The van der Waals surface area contributed by atoms with Crippen molar-refractivity contribution in [1.82, 2.24) is 10.6 Å². The first-order valence-electron chi connectivity index (χ1n) is 7.63. The fraction of sp³-hybridized carbons (Fsp3) is 0.294. The molecule has 2 aromatic rings. The molecule has 0 atom stereocenters. The molecule has 24 heavy (non-hydrogen) atoms. The molecule has 0 aliphatic carbocycles. The van der Waals surface area contributed by atoms with Gasteiger partial charge >= 0.3 is 0 Å². The van der Waals surface area contributed by atoms with Gasteiger partial charge in [0.2, 0.25) is 0 Å². The summed E-state index contributed by atoms with van der Waals surface area (Å²) in [6, 6.07) is 10.5. The Labute approximate surface area is 145 Å². The third kappa shape index (κ3) is 5.77. The van der Waals surface area contributed by atoms with Crippen LogP contribution in [0.3, 0.4) is 0 Å². The molecule has 0 bridgehead atoms. The number of carbonyl (C=O) groups excluding carboxylic acids is 2. The Hall–Kier alpha value is -2.22. The van der Waals surface area contributed by atoms with Gasteiger partial charge in [-0.25, -0.2) is 0 Å². The third-order valence-electron chi connectivity index (χ3n) is 3.20. The molecule has 1 aromatic heterocycles. The van der Waals surface area contributed by atoms with Crippen molar-refractivity contribution in [1.29, 1.82) is 0 Å². The van der Waals surface area contributed by atoms with Crippen LogP contribution in [0.1, 0.15) is 20.0 Å². The van der Waals surface area contributed by atoms with Crippen molar-refractivity contribution < 1.29 is 14.3 Å². The average molecular weight is 347 g/mol. The quantitative estimate of drug-likeness (QED) is 0.606. The molecule has 0 aliphatic rings. The van der Waals surface area contributed by atoms with E-state index in [1.54, 1.807) is 37.4 Å². The first kappa shape index (κ1) is 18.1. The highest BCUT2D eigenvalue weighted by atomic mass is 32.1. The molecule has 0 spiro atoms. The molecule has 0 aliphatic heterocycles. The highest BCUT2D eigenvalue weighted by Gasteiger charge is 2.09. The van der Waals surface area contributed by atoms with E-state index in [4.69, 9.17) is 4.74 Å². The Morgan fingerprint density at radius 2 is 1.96 bits per heavy atom. The molecule has 2 amide bonds. The molecule has 1 aromatic carbocycles. The van der Waals surface area contributed by atoms with Gasteiger partial charge < -0.3 is 20.7 Å². The summed E-state index contributed by atoms with van der Waals surface area (Å²) < 4.78 is 4.93. The number of amides is 2. The number of methoxy groups -OCH3 is 1. The summed E-state index contributed by atoms with van der Waals surface area (Å²) in [7, 11) is 1.65. The van der Waals surface area contributed by atoms with Crippen LogP contribution in [0.5, 0.6) is 0 Å². The number of hydrogen-bond acceptors (Lipinski definition) is 5. The second-order valence-corrected chi connectivity index (χ2v) is 5.96. The number of thiophene rings is 1. The van der Waals surface area contributed by atoms with Gasteiger partial charge in [-0.1, -0.05) is 12.1 Å². The van der Waals surface area contributed by atoms with E-state index in [1.807, 2.05) is 11.4 Å². The number of rotatable bonds is 9. The van der Waals surface area contributed by atoms with Crippen LogP contribution in [-0.2, 0) is 4.74 Å². The van der Waals surface area contributed by atoms with Crippen molar-refractivity contribution >= 4 is 28.8 Å². The molecule has 3 N–H and O–H groups in total. The molecule has 7 heteroatoms. The molecule has 0 saturated heterocycles. The van der Waals surface area contributed by atoms with Gasteiger partial charge in [0.25, 0.3) is 11.8 Å². The number of anilines is 1. The Morgan fingerprint density at radius 1 is 1.08 bits per heavy atom. The summed E-state index contributed by atoms with van der Waals surface area (Å²) in [4.78, 5) is 24.8. The van der Waals surface area contributed by atoms with Crippen LogP contribution in [0, 0.1) is 0 Å². The monoisotopic (exact) mass is 347 g/mol. The van der Waals surface area contributed by atoms with E-state index in [2.05, 4.69) is 16.0 Å². The smallest absolute Gasteiger partial charge is 0.265 e. The van der Waals surface area contributed by atoms with Gasteiger partial charge in [0, 0.05) is 38.0 Å². The molecule has 0 fully saturated rings. The van der Waals surface area contributed by atoms with Crippen LogP contribution in [0.25, 0.3) is 0 Å². The number of nitrogens with one attached hydrogen (secondary N) is 3. The molecular formula is C17H21N3O3S. The first-order chi connectivity index (χ1) is 11.7. The molecule has 0 saturated carbocycles. The van der Waals surface area contributed by atoms with Crippen molar-refractivity contribution in [2.75, 3.05) is 38.7 Å². The lowest BCUT2D eigenvalue weighted by molar-refractivity contribution is 0.0952. The topological polar surface area (TPSA) is 79.5 Å². The lowest BCUT2D eigenvalue weighted by atomic mass is 10.2. The molecule has 128 valence electrons. The normalized spacial score (nSPS) is 10.4. The van der Waals surface area contributed by atoms with E-state index < -0.39 is 0 Å². The summed E-state index contributed by atoms with van der Waals surface area (Å²) >= 11 is 1.37. The zero-order valence-corrected chi connectivity index (χ0v) is 14.3. The summed E-state index contributed by atoms with van der Waals surface area (Å²) in [6.45, 7) is 2.58. The van der Waals surface area contributed by atoms with Gasteiger partial charge in [0.1, 0.15) is 0 Å². The lowest BCUT2D eigenvalue weighted by Crippen LogP contribution is -2.33. The van der Waals surface area contributed by atoms with Crippen LogP contribution in [0.15, 0.2) is 41.8 Å². The molecule has 1 heterocycles. The SMILES string of the molecule is COCCNCCNC(=O)c1cccc(NC(=O)c2cccs2)c1. The van der Waals surface area contributed by atoms with Gasteiger partial charge in [-0.2, -0.15) is 0 Å².